The van der Waals surface area contributed by atoms with Crippen LogP contribution >= 0.6 is 23.2 Å². The monoisotopic (exact) mass is 269 g/mol. The van der Waals surface area contributed by atoms with Gasteiger partial charge >= 0.3 is 0 Å². The third-order valence-corrected chi connectivity index (χ3v) is 3.43. The lowest BCUT2D eigenvalue weighted by atomic mass is 10.2. The largest absolute Gasteiger partial charge is 0.326 e. The van der Waals surface area contributed by atoms with E-state index in [9.17, 15) is 0 Å². The molecule has 0 radical (unpaired) electrons. The topological polar surface area (TPSA) is 43.8 Å². The Balaban J connectivity index is 2.41. The normalized spacial score (nSPS) is 10.8. The summed E-state index contributed by atoms with van der Waals surface area (Å²) in [7, 11) is 0. The van der Waals surface area contributed by atoms with Crippen molar-refractivity contribution in [3.8, 4) is 0 Å². The lowest BCUT2D eigenvalue weighted by Crippen LogP contribution is -2.10. The summed E-state index contributed by atoms with van der Waals surface area (Å²) >= 11 is 12.3. The molecule has 0 aliphatic heterocycles. The van der Waals surface area contributed by atoms with Gasteiger partial charge in [0.25, 0.3) is 0 Å². The van der Waals surface area contributed by atoms with Gasteiger partial charge in [-0.2, -0.15) is 0 Å². The van der Waals surface area contributed by atoms with E-state index in [2.05, 4.69) is 4.98 Å². The molecule has 5 heteroatoms. The Labute approximate surface area is 110 Å². The smallest absolute Gasteiger partial charge is 0.106 e. The maximum atomic E-state index is 6.14. The van der Waals surface area contributed by atoms with Gasteiger partial charge in [0.1, 0.15) is 5.82 Å². The molecular formula is C12H13Cl2N3. The quantitative estimate of drug-likeness (QED) is 0.931. The van der Waals surface area contributed by atoms with Crippen molar-refractivity contribution >= 4 is 23.2 Å². The van der Waals surface area contributed by atoms with Crippen LogP contribution in [0.25, 0.3) is 0 Å². The second kappa shape index (κ2) is 5.08. The molecule has 0 aliphatic rings. The van der Waals surface area contributed by atoms with E-state index in [0.717, 1.165) is 17.1 Å². The zero-order chi connectivity index (χ0) is 12.4. The highest BCUT2D eigenvalue weighted by atomic mass is 35.5. The van der Waals surface area contributed by atoms with Crippen LogP contribution in [0, 0.1) is 6.92 Å². The number of benzene rings is 1. The second-order valence-electron chi connectivity index (χ2n) is 3.79. The van der Waals surface area contributed by atoms with Crippen molar-refractivity contribution in [2.75, 3.05) is 0 Å². The lowest BCUT2D eigenvalue weighted by molar-refractivity contribution is 0.714. The molecule has 1 heterocycles. The summed E-state index contributed by atoms with van der Waals surface area (Å²) in [6.45, 7) is 2.98. The molecule has 0 unspecified atom stereocenters. The maximum Gasteiger partial charge on any atom is 0.106 e. The molecule has 90 valence electrons. The van der Waals surface area contributed by atoms with Gasteiger partial charge in [-0.3, -0.25) is 0 Å². The number of aryl methyl sites for hydroxylation is 1. The molecule has 0 aliphatic carbocycles. The molecule has 0 spiro atoms. The van der Waals surface area contributed by atoms with Gasteiger partial charge in [-0.15, -0.1) is 0 Å². The van der Waals surface area contributed by atoms with Crippen LogP contribution in [-0.4, -0.2) is 9.55 Å². The highest BCUT2D eigenvalue weighted by Crippen LogP contribution is 2.25. The summed E-state index contributed by atoms with van der Waals surface area (Å²) in [5.74, 6) is 0.904. The van der Waals surface area contributed by atoms with Crippen LogP contribution in [-0.2, 0) is 13.1 Å². The molecule has 0 fully saturated rings. The van der Waals surface area contributed by atoms with Crippen LogP contribution < -0.4 is 5.73 Å². The highest BCUT2D eigenvalue weighted by molar-refractivity contribution is 6.35. The zero-order valence-electron chi connectivity index (χ0n) is 9.45. The van der Waals surface area contributed by atoms with Crippen molar-refractivity contribution in [3.05, 3.63) is 51.5 Å². The number of hydrogen-bond donors (Lipinski definition) is 1. The minimum absolute atomic E-state index is 0.447. The number of aromatic nitrogens is 2. The van der Waals surface area contributed by atoms with Crippen LogP contribution in [0.5, 0.6) is 0 Å². The zero-order valence-corrected chi connectivity index (χ0v) is 11.0. The summed E-state index contributed by atoms with van der Waals surface area (Å²) in [5.41, 5.74) is 7.53. The molecule has 2 aromatic rings. The number of hydrogen-bond acceptors (Lipinski definition) is 2. The molecule has 0 amide bonds. The Morgan fingerprint density at radius 2 is 1.94 bits per heavy atom. The third-order valence-electron chi connectivity index (χ3n) is 2.72. The van der Waals surface area contributed by atoms with Gasteiger partial charge < -0.3 is 10.3 Å². The molecule has 3 nitrogen and oxygen atoms in total. The maximum absolute atomic E-state index is 6.14. The molecule has 2 N–H and O–H groups in total. The van der Waals surface area contributed by atoms with Crippen molar-refractivity contribution in [1.29, 1.82) is 0 Å². The van der Waals surface area contributed by atoms with E-state index in [0.29, 0.717) is 23.1 Å². The first-order chi connectivity index (χ1) is 8.13. The average Bonchev–Trinajstić information content (AvgIpc) is 2.65. The number of nitrogens with two attached hydrogens (primary N) is 1. The molecule has 0 atom stereocenters. The first kappa shape index (κ1) is 12.4. The van der Waals surface area contributed by atoms with E-state index in [-0.39, 0.29) is 0 Å². The van der Waals surface area contributed by atoms with Crippen LogP contribution in [0.15, 0.2) is 24.4 Å². The number of rotatable bonds is 3. The van der Waals surface area contributed by atoms with Crippen LogP contribution in [0.1, 0.15) is 17.1 Å². The van der Waals surface area contributed by atoms with E-state index in [1.54, 1.807) is 6.20 Å². The summed E-state index contributed by atoms with van der Waals surface area (Å²) in [6, 6.07) is 5.49. The first-order valence-electron chi connectivity index (χ1n) is 5.27. The summed E-state index contributed by atoms with van der Waals surface area (Å²) in [4.78, 5) is 4.24. The summed E-state index contributed by atoms with van der Waals surface area (Å²) in [6.07, 6.45) is 1.78. The van der Waals surface area contributed by atoms with Crippen molar-refractivity contribution in [2.24, 2.45) is 5.73 Å². The van der Waals surface area contributed by atoms with E-state index in [1.165, 1.54) is 0 Å². The summed E-state index contributed by atoms with van der Waals surface area (Å²) < 4.78 is 2.02. The van der Waals surface area contributed by atoms with Gasteiger partial charge in [0, 0.05) is 28.4 Å². The van der Waals surface area contributed by atoms with E-state index >= 15 is 0 Å². The minimum Gasteiger partial charge on any atom is -0.326 e. The number of nitrogens with zero attached hydrogens (tertiary/aromatic N) is 2. The number of halogens is 2. The molecule has 0 saturated heterocycles. The second-order valence-corrected chi connectivity index (χ2v) is 4.60. The number of imidazole rings is 1. The van der Waals surface area contributed by atoms with Crippen molar-refractivity contribution in [1.82, 2.24) is 9.55 Å². The molecule has 0 bridgehead atoms. The van der Waals surface area contributed by atoms with E-state index in [4.69, 9.17) is 28.9 Å². The molecule has 1 aromatic heterocycles. The Hall–Kier alpha value is -1.03. The Kier molecular flexibility index (Phi) is 3.72. The fraction of sp³-hybridized carbons (Fsp3) is 0.250. The highest BCUT2D eigenvalue weighted by Gasteiger charge is 2.10. The standard InChI is InChI=1S/C12H13Cl2N3/c1-8-16-6-9(5-15)17(8)7-10-11(13)3-2-4-12(10)14/h2-4,6H,5,7,15H2,1H3. The Morgan fingerprint density at radius 3 is 2.53 bits per heavy atom. The van der Waals surface area contributed by atoms with E-state index < -0.39 is 0 Å². The molecule has 0 saturated carbocycles. The third kappa shape index (κ3) is 2.46. The van der Waals surface area contributed by atoms with Gasteiger partial charge in [0.2, 0.25) is 0 Å². The average molecular weight is 270 g/mol. The van der Waals surface area contributed by atoms with Crippen molar-refractivity contribution in [3.63, 3.8) is 0 Å². The van der Waals surface area contributed by atoms with E-state index in [1.807, 2.05) is 29.7 Å². The molecular weight excluding hydrogens is 257 g/mol. The Bertz CT molecular complexity index is 514. The van der Waals surface area contributed by atoms with Crippen molar-refractivity contribution < 1.29 is 0 Å². The molecule has 17 heavy (non-hydrogen) atoms. The SMILES string of the molecule is Cc1ncc(CN)n1Cc1c(Cl)cccc1Cl. The fourth-order valence-electron chi connectivity index (χ4n) is 1.74. The minimum atomic E-state index is 0.447. The fourth-order valence-corrected chi connectivity index (χ4v) is 2.25. The van der Waals surface area contributed by atoms with Crippen LogP contribution in [0.3, 0.4) is 0 Å². The van der Waals surface area contributed by atoms with Gasteiger partial charge in [-0.1, -0.05) is 29.3 Å². The van der Waals surface area contributed by atoms with Gasteiger partial charge in [-0.25, -0.2) is 4.98 Å². The predicted molar refractivity (Wildman–Crippen MR) is 70.4 cm³/mol. The lowest BCUT2D eigenvalue weighted by Gasteiger charge is -2.12. The van der Waals surface area contributed by atoms with Crippen molar-refractivity contribution in [2.45, 2.75) is 20.0 Å². The predicted octanol–water partition coefficient (Wildman–Crippen LogP) is 3.01. The van der Waals surface area contributed by atoms with Gasteiger partial charge in [-0.05, 0) is 19.1 Å². The van der Waals surface area contributed by atoms with Gasteiger partial charge in [0.15, 0.2) is 0 Å². The van der Waals surface area contributed by atoms with Crippen LogP contribution in [0.4, 0.5) is 0 Å². The van der Waals surface area contributed by atoms with Gasteiger partial charge in [0.05, 0.1) is 12.2 Å². The van der Waals surface area contributed by atoms with Crippen LogP contribution in [0.2, 0.25) is 10.0 Å². The Morgan fingerprint density at radius 1 is 1.29 bits per heavy atom. The summed E-state index contributed by atoms with van der Waals surface area (Å²) in [5, 5.41) is 1.32. The molecule has 2 rings (SSSR count). The first-order valence-corrected chi connectivity index (χ1v) is 6.03. The molecule has 1 aromatic carbocycles.